The normalized spacial score (nSPS) is 15.0. The molecular formula is C30H47N7O10. The molecule has 0 aliphatic rings. The molecule has 262 valence electrons. The lowest BCUT2D eigenvalue weighted by atomic mass is 10.0. The van der Waals surface area contributed by atoms with E-state index in [2.05, 4.69) is 26.6 Å². The zero-order valence-corrected chi connectivity index (χ0v) is 26.9. The number of carbonyl (C=O) groups excluding carboxylic acids is 5. The van der Waals surface area contributed by atoms with Crippen molar-refractivity contribution >= 4 is 41.5 Å². The second kappa shape index (κ2) is 19.1. The number of rotatable bonds is 20. The van der Waals surface area contributed by atoms with Crippen LogP contribution < -0.4 is 38.1 Å². The van der Waals surface area contributed by atoms with Gasteiger partial charge in [0, 0.05) is 6.42 Å². The molecule has 0 radical (unpaired) electrons. The van der Waals surface area contributed by atoms with E-state index in [9.17, 15) is 43.8 Å². The third kappa shape index (κ3) is 14.1. The van der Waals surface area contributed by atoms with Crippen molar-refractivity contribution in [1.29, 1.82) is 0 Å². The number of carbonyl (C=O) groups is 7. The van der Waals surface area contributed by atoms with E-state index in [0.29, 0.717) is 24.9 Å². The summed E-state index contributed by atoms with van der Waals surface area (Å²) in [5, 5.41) is 40.5. The van der Waals surface area contributed by atoms with E-state index < -0.39 is 89.7 Å². The fraction of sp³-hybridized carbons (Fsp3) is 0.567. The van der Waals surface area contributed by atoms with Crippen molar-refractivity contribution in [1.82, 2.24) is 26.6 Å². The Morgan fingerprint density at radius 3 is 1.94 bits per heavy atom. The van der Waals surface area contributed by atoms with Gasteiger partial charge in [0.05, 0.1) is 18.6 Å². The Kier molecular flexibility index (Phi) is 16.5. The van der Waals surface area contributed by atoms with Crippen LogP contribution in [0.3, 0.4) is 0 Å². The van der Waals surface area contributed by atoms with Gasteiger partial charge in [-0.15, -0.1) is 0 Å². The summed E-state index contributed by atoms with van der Waals surface area (Å²) in [5.74, 6) is -6.98. The molecule has 12 N–H and O–H groups in total. The Hall–Kier alpha value is -4.61. The Morgan fingerprint density at radius 2 is 1.40 bits per heavy atom. The highest BCUT2D eigenvalue weighted by Crippen LogP contribution is 2.09. The van der Waals surface area contributed by atoms with Gasteiger partial charge >= 0.3 is 11.9 Å². The van der Waals surface area contributed by atoms with Crippen molar-refractivity contribution in [3.8, 4) is 0 Å². The molecule has 1 aromatic carbocycles. The molecule has 0 spiro atoms. The molecule has 17 heteroatoms. The molecule has 47 heavy (non-hydrogen) atoms. The molecule has 1 rings (SSSR count). The van der Waals surface area contributed by atoms with Crippen molar-refractivity contribution in [2.45, 2.75) is 102 Å². The standard InChI is InChI=1S/C30H47N7O10/c1-16(33-29(47)30(3,4)37-27(44)23(17(2)38)36-25(42)19(32)15-22(39)40)24(41)35-21(14-18-10-6-5-7-11-18)26(43)34-20(28(45)46)12-8-9-13-31/h5-7,10-11,16-17,19-21,23,38H,8-9,12-15,31-32H2,1-4H3,(H,33,47)(H,34,43)(H,35,41)(H,36,42)(H,37,44)(H,39,40)(H,45,46)/t16-,17-,19-,20-,21-,23-/m0/s1. The van der Waals surface area contributed by atoms with Crippen molar-refractivity contribution in [2.24, 2.45) is 11.5 Å². The average molecular weight is 666 g/mol. The van der Waals surface area contributed by atoms with Gasteiger partial charge in [-0.2, -0.15) is 0 Å². The Balaban J connectivity index is 3.00. The van der Waals surface area contributed by atoms with Crippen molar-refractivity contribution in [3.05, 3.63) is 35.9 Å². The summed E-state index contributed by atoms with van der Waals surface area (Å²) in [6.45, 7) is 5.47. The molecule has 5 amide bonds. The van der Waals surface area contributed by atoms with Crippen LogP contribution in [0.4, 0.5) is 0 Å². The number of unbranched alkanes of at least 4 members (excludes halogenated alkanes) is 1. The van der Waals surface area contributed by atoms with E-state index >= 15 is 0 Å². The molecule has 6 atom stereocenters. The lowest BCUT2D eigenvalue weighted by molar-refractivity contribution is -0.142. The van der Waals surface area contributed by atoms with Crippen molar-refractivity contribution in [2.75, 3.05) is 6.54 Å². The lowest BCUT2D eigenvalue weighted by Crippen LogP contribution is -2.64. The number of nitrogens with two attached hydrogens (primary N) is 2. The average Bonchev–Trinajstić information content (AvgIpc) is 2.98. The highest BCUT2D eigenvalue weighted by atomic mass is 16.4. The van der Waals surface area contributed by atoms with Gasteiger partial charge in [-0.25, -0.2) is 4.79 Å². The fourth-order valence-corrected chi connectivity index (χ4v) is 4.21. The van der Waals surface area contributed by atoms with Gasteiger partial charge in [-0.05, 0) is 59.1 Å². The molecule has 17 nitrogen and oxygen atoms in total. The van der Waals surface area contributed by atoms with Crippen LogP contribution in [0.15, 0.2) is 30.3 Å². The molecule has 0 aliphatic heterocycles. The minimum atomic E-state index is -1.70. The van der Waals surface area contributed by atoms with E-state index in [4.69, 9.17) is 16.6 Å². The zero-order valence-electron chi connectivity index (χ0n) is 26.9. The van der Waals surface area contributed by atoms with E-state index in [0.717, 1.165) is 0 Å². The van der Waals surface area contributed by atoms with Crippen LogP contribution in [0, 0.1) is 0 Å². The maximum absolute atomic E-state index is 13.2. The Morgan fingerprint density at radius 1 is 0.809 bits per heavy atom. The molecule has 0 saturated heterocycles. The summed E-state index contributed by atoms with van der Waals surface area (Å²) in [6, 6.07) is 1.90. The molecule has 0 saturated carbocycles. The first-order valence-electron chi connectivity index (χ1n) is 15.1. The van der Waals surface area contributed by atoms with Crippen molar-refractivity contribution in [3.63, 3.8) is 0 Å². The van der Waals surface area contributed by atoms with Gasteiger partial charge in [-0.3, -0.25) is 28.8 Å². The molecule has 0 aliphatic carbocycles. The van der Waals surface area contributed by atoms with Crippen LogP contribution in [0.1, 0.15) is 58.9 Å². The fourth-order valence-electron chi connectivity index (χ4n) is 4.21. The molecule has 0 bridgehead atoms. The van der Waals surface area contributed by atoms with Gasteiger partial charge in [0.2, 0.25) is 29.5 Å². The highest BCUT2D eigenvalue weighted by molar-refractivity contribution is 5.98. The van der Waals surface area contributed by atoms with Crippen molar-refractivity contribution < 1.29 is 48.9 Å². The molecule has 0 unspecified atom stereocenters. The van der Waals surface area contributed by atoms with Gasteiger partial charge in [0.15, 0.2) is 0 Å². The van der Waals surface area contributed by atoms with E-state index in [1.54, 1.807) is 30.3 Å². The van der Waals surface area contributed by atoms with Crippen LogP contribution in [-0.4, -0.2) is 105 Å². The summed E-state index contributed by atoms with van der Waals surface area (Å²) < 4.78 is 0. The minimum Gasteiger partial charge on any atom is -0.481 e. The summed E-state index contributed by atoms with van der Waals surface area (Å²) in [5.41, 5.74) is 9.97. The van der Waals surface area contributed by atoms with E-state index in [1.165, 1.54) is 27.7 Å². The second-order valence-corrected chi connectivity index (χ2v) is 11.7. The highest BCUT2D eigenvalue weighted by Gasteiger charge is 2.37. The van der Waals surface area contributed by atoms with Crippen LogP contribution in [-0.2, 0) is 40.0 Å². The van der Waals surface area contributed by atoms with Crippen LogP contribution >= 0.6 is 0 Å². The number of aliphatic hydroxyl groups excluding tert-OH is 1. The van der Waals surface area contributed by atoms with E-state index in [1.807, 2.05) is 0 Å². The van der Waals surface area contributed by atoms with Crippen LogP contribution in [0.2, 0.25) is 0 Å². The third-order valence-corrected chi connectivity index (χ3v) is 7.02. The summed E-state index contributed by atoms with van der Waals surface area (Å²) in [6.07, 6.45) is -1.02. The molecule has 0 heterocycles. The van der Waals surface area contributed by atoms with Gasteiger partial charge < -0.3 is 53.4 Å². The van der Waals surface area contributed by atoms with Gasteiger partial charge in [-0.1, -0.05) is 30.3 Å². The second-order valence-electron chi connectivity index (χ2n) is 11.7. The minimum absolute atomic E-state index is 0.0122. The predicted molar refractivity (Wildman–Crippen MR) is 168 cm³/mol. The monoisotopic (exact) mass is 665 g/mol. The predicted octanol–water partition coefficient (Wildman–Crippen LogP) is -2.52. The molecular weight excluding hydrogens is 618 g/mol. The van der Waals surface area contributed by atoms with Gasteiger partial charge in [0.1, 0.15) is 29.7 Å². The number of hydrogen-bond acceptors (Lipinski definition) is 10. The molecule has 0 fully saturated rings. The van der Waals surface area contributed by atoms with Gasteiger partial charge in [0.25, 0.3) is 0 Å². The van der Waals surface area contributed by atoms with E-state index in [-0.39, 0.29) is 12.8 Å². The zero-order chi connectivity index (χ0) is 35.9. The lowest BCUT2D eigenvalue weighted by Gasteiger charge is -2.30. The number of benzene rings is 1. The summed E-state index contributed by atoms with van der Waals surface area (Å²) >= 11 is 0. The number of carboxylic acid groups (broad SMARTS) is 2. The first-order chi connectivity index (χ1) is 21.9. The van der Waals surface area contributed by atoms with Crippen LogP contribution in [0.5, 0.6) is 0 Å². The number of amides is 5. The molecule has 0 aromatic heterocycles. The number of aliphatic carboxylic acids is 2. The maximum Gasteiger partial charge on any atom is 0.326 e. The first-order valence-corrected chi connectivity index (χ1v) is 15.1. The summed E-state index contributed by atoms with van der Waals surface area (Å²) in [4.78, 5) is 87.3. The Labute approximate surface area is 272 Å². The maximum atomic E-state index is 13.2. The topological polar surface area (TPSA) is 292 Å². The SMILES string of the molecule is C[C@H](NC(=O)C(C)(C)NC(=O)[C@@H](NC(=O)[C@@H](N)CC(=O)O)[C@H](C)O)C(=O)N[C@@H](Cc1ccccc1)C(=O)N[C@@H](CCCCN)C(=O)O. The third-order valence-electron chi connectivity index (χ3n) is 7.02. The number of nitrogens with one attached hydrogen (secondary N) is 5. The van der Waals surface area contributed by atoms with Crippen LogP contribution in [0.25, 0.3) is 0 Å². The first kappa shape index (κ1) is 40.4. The largest absolute Gasteiger partial charge is 0.481 e. The number of hydrogen-bond donors (Lipinski definition) is 10. The Bertz CT molecular complexity index is 1260. The number of carboxylic acids is 2. The number of aliphatic hydroxyl groups is 1. The quantitative estimate of drug-likeness (QED) is 0.0646. The molecule has 1 aromatic rings. The summed E-state index contributed by atoms with van der Waals surface area (Å²) in [7, 11) is 0. The smallest absolute Gasteiger partial charge is 0.326 e.